The normalized spacial score (nSPS) is 11.4. The number of aromatic nitrogens is 7. The van der Waals surface area contributed by atoms with Crippen LogP contribution in [0.4, 0.5) is 24.8 Å². The molecule has 0 saturated heterocycles. The van der Waals surface area contributed by atoms with Gasteiger partial charge in [0.25, 0.3) is 5.91 Å². The Morgan fingerprint density at radius 3 is 2.20 bits per heavy atom. The molecular formula is C33H29F3N11OS-. The number of pyridine rings is 2. The smallest absolute Gasteiger partial charge is 0.435 e. The van der Waals surface area contributed by atoms with Crippen molar-refractivity contribution in [3.05, 3.63) is 130 Å². The summed E-state index contributed by atoms with van der Waals surface area (Å²) >= 11 is 1.37. The van der Waals surface area contributed by atoms with E-state index >= 15 is 0 Å². The van der Waals surface area contributed by atoms with E-state index in [2.05, 4.69) is 30.5 Å². The maximum atomic E-state index is 13.7. The summed E-state index contributed by atoms with van der Waals surface area (Å²) in [5.74, 6) is 0.0496. The van der Waals surface area contributed by atoms with Gasteiger partial charge in [-0.2, -0.15) is 23.4 Å². The number of carbonyl (C=O) groups excluding carboxylic acids is 1. The number of halogens is 3. The summed E-state index contributed by atoms with van der Waals surface area (Å²) in [5, 5.41) is 16.4. The van der Waals surface area contributed by atoms with E-state index in [-0.39, 0.29) is 13.1 Å². The summed E-state index contributed by atoms with van der Waals surface area (Å²) in [4.78, 5) is 25.2. The zero-order chi connectivity index (χ0) is 34.5. The Morgan fingerprint density at radius 1 is 0.898 bits per heavy atom. The SMILES string of the molecule is Nc1nccc2cc(CNC(=O)c3cn(Cc4csc(Cn5cccn5)n4)nc3C(F)(F)F)ccc12.[NH-]Cc1ccc2c(N)nccc2c1. The molecule has 49 heavy (non-hydrogen) atoms. The molecule has 7 rings (SSSR count). The second-order valence-electron chi connectivity index (χ2n) is 10.9. The molecule has 5 heterocycles. The van der Waals surface area contributed by atoms with Gasteiger partial charge in [-0.1, -0.05) is 35.9 Å². The minimum absolute atomic E-state index is 0.00784. The monoisotopic (exact) mass is 684 g/mol. The van der Waals surface area contributed by atoms with Crippen molar-refractivity contribution in [3.63, 3.8) is 0 Å². The van der Waals surface area contributed by atoms with Gasteiger partial charge in [0, 0.05) is 53.7 Å². The van der Waals surface area contributed by atoms with Crippen molar-refractivity contribution in [2.24, 2.45) is 0 Å². The van der Waals surface area contributed by atoms with Crippen LogP contribution in [0.1, 0.15) is 37.9 Å². The Labute approximate surface area is 281 Å². The Hall–Kier alpha value is -5.87. The van der Waals surface area contributed by atoms with Crippen LogP contribution in [0.15, 0.2) is 91.0 Å². The van der Waals surface area contributed by atoms with Crippen LogP contribution in [0, 0.1) is 0 Å². The average molecular weight is 685 g/mol. The first-order chi connectivity index (χ1) is 23.6. The largest absolute Gasteiger partial charge is 0.674 e. The Bertz CT molecular complexity index is 2230. The van der Waals surface area contributed by atoms with Crippen LogP contribution in [0.2, 0.25) is 0 Å². The van der Waals surface area contributed by atoms with Crippen molar-refractivity contribution in [1.29, 1.82) is 0 Å². The van der Waals surface area contributed by atoms with E-state index in [9.17, 15) is 18.0 Å². The second kappa shape index (κ2) is 14.1. The number of thiazole rings is 1. The first-order valence-electron chi connectivity index (χ1n) is 14.8. The standard InChI is InChI=1S/C23H19F3N8OS.C10H10N3/c24-23(25,26)20-18(22(35)29-9-14-2-3-17-15(8-14)4-6-28-21(17)27)11-34(32-20)10-16-13-36-19(31-16)12-33-7-1-5-30-33;11-6-7-1-2-9-8(5-7)3-4-13-10(9)12/h1-8,11,13H,9-10,12H2,(H2,27,28)(H,29,35);1-5,11H,6H2,(H2,12,13)/q;-1. The van der Waals surface area contributed by atoms with E-state index in [0.717, 1.165) is 43.0 Å². The minimum Gasteiger partial charge on any atom is -0.674 e. The van der Waals surface area contributed by atoms with E-state index in [0.29, 0.717) is 36.0 Å². The number of hydrogen-bond donors (Lipinski definition) is 3. The van der Waals surface area contributed by atoms with Gasteiger partial charge in [0.2, 0.25) is 0 Å². The molecule has 0 bridgehead atoms. The third-order valence-electron chi connectivity index (χ3n) is 7.43. The molecule has 1 amide bonds. The highest BCUT2D eigenvalue weighted by atomic mass is 32.1. The molecule has 7 aromatic rings. The quantitative estimate of drug-likeness (QED) is 0.172. The number of carbonyl (C=O) groups is 1. The lowest BCUT2D eigenvalue weighted by Crippen LogP contribution is -2.25. The zero-order valence-electron chi connectivity index (χ0n) is 25.7. The van der Waals surface area contributed by atoms with Crippen LogP contribution in [0.5, 0.6) is 0 Å². The number of benzene rings is 2. The fourth-order valence-corrected chi connectivity index (χ4v) is 5.85. The molecule has 0 aliphatic heterocycles. The number of anilines is 2. The number of hydrogen-bond acceptors (Lipinski definition) is 9. The lowest BCUT2D eigenvalue weighted by atomic mass is 10.1. The molecule has 0 aliphatic rings. The number of rotatable bonds is 8. The molecule has 0 spiro atoms. The molecule has 5 aromatic heterocycles. The highest BCUT2D eigenvalue weighted by Crippen LogP contribution is 2.31. The van der Waals surface area contributed by atoms with Gasteiger partial charge in [-0.15, -0.1) is 17.9 Å². The molecule has 250 valence electrons. The third kappa shape index (κ3) is 7.82. The summed E-state index contributed by atoms with van der Waals surface area (Å²) in [6.45, 7) is 0.780. The van der Waals surface area contributed by atoms with E-state index in [1.165, 1.54) is 11.3 Å². The maximum absolute atomic E-state index is 13.7. The molecule has 0 saturated carbocycles. The van der Waals surface area contributed by atoms with Crippen LogP contribution < -0.4 is 16.8 Å². The van der Waals surface area contributed by atoms with Crippen molar-refractivity contribution in [2.75, 3.05) is 11.5 Å². The highest BCUT2D eigenvalue weighted by molar-refractivity contribution is 7.09. The van der Waals surface area contributed by atoms with Crippen molar-refractivity contribution in [2.45, 2.75) is 32.4 Å². The number of nitrogens with two attached hydrogens (primary N) is 2. The first kappa shape index (κ1) is 33.0. The van der Waals surface area contributed by atoms with Gasteiger partial charge >= 0.3 is 6.18 Å². The Kier molecular flexibility index (Phi) is 9.50. The fourth-order valence-electron chi connectivity index (χ4n) is 5.07. The molecular weight excluding hydrogens is 655 g/mol. The van der Waals surface area contributed by atoms with Crippen LogP contribution in [0.3, 0.4) is 0 Å². The fraction of sp³-hybridized carbons (Fsp3) is 0.152. The molecule has 6 N–H and O–H groups in total. The minimum atomic E-state index is -4.79. The van der Waals surface area contributed by atoms with Crippen molar-refractivity contribution < 1.29 is 18.0 Å². The van der Waals surface area contributed by atoms with Gasteiger partial charge < -0.3 is 22.5 Å². The van der Waals surface area contributed by atoms with Gasteiger partial charge in [0.05, 0.1) is 24.3 Å². The number of nitrogen functional groups attached to an aromatic ring is 2. The number of alkyl halides is 3. The second-order valence-corrected chi connectivity index (χ2v) is 11.8. The van der Waals surface area contributed by atoms with E-state index in [1.54, 1.807) is 65.2 Å². The van der Waals surface area contributed by atoms with Gasteiger partial charge in [-0.25, -0.2) is 15.0 Å². The van der Waals surface area contributed by atoms with Crippen LogP contribution in [-0.4, -0.2) is 40.4 Å². The summed E-state index contributed by atoms with van der Waals surface area (Å²) in [5.41, 5.74) is 19.2. The van der Waals surface area contributed by atoms with Crippen molar-refractivity contribution >= 4 is 50.4 Å². The van der Waals surface area contributed by atoms with Crippen molar-refractivity contribution in [3.8, 4) is 0 Å². The maximum Gasteiger partial charge on any atom is 0.435 e. The first-order valence-corrected chi connectivity index (χ1v) is 15.7. The highest BCUT2D eigenvalue weighted by Gasteiger charge is 2.39. The van der Waals surface area contributed by atoms with Crippen molar-refractivity contribution in [1.82, 2.24) is 39.8 Å². The predicted octanol–water partition coefficient (Wildman–Crippen LogP) is 6.08. The number of nitrogens with zero attached hydrogens (tertiary/aromatic N) is 7. The summed E-state index contributed by atoms with van der Waals surface area (Å²) in [6, 6.07) is 16.5. The molecule has 2 aromatic carbocycles. The third-order valence-corrected chi connectivity index (χ3v) is 8.31. The summed E-state index contributed by atoms with van der Waals surface area (Å²) in [7, 11) is 0. The molecule has 0 fully saturated rings. The molecule has 0 aliphatic carbocycles. The lowest BCUT2D eigenvalue weighted by molar-refractivity contribution is -0.141. The van der Waals surface area contributed by atoms with Gasteiger partial charge in [-0.05, 0) is 40.6 Å². The molecule has 16 heteroatoms. The predicted molar refractivity (Wildman–Crippen MR) is 181 cm³/mol. The van der Waals surface area contributed by atoms with Crippen LogP contribution in [0.25, 0.3) is 27.3 Å². The summed E-state index contributed by atoms with van der Waals surface area (Å²) < 4.78 is 43.7. The molecule has 0 unspecified atom stereocenters. The zero-order valence-corrected chi connectivity index (χ0v) is 26.5. The average Bonchev–Trinajstić information content (AvgIpc) is 3.86. The molecule has 0 radical (unpaired) electrons. The van der Waals surface area contributed by atoms with Gasteiger partial charge in [0.15, 0.2) is 5.69 Å². The molecule has 0 atom stereocenters. The van der Waals surface area contributed by atoms with Crippen LogP contribution >= 0.6 is 11.3 Å². The van der Waals surface area contributed by atoms with Gasteiger partial charge in [0.1, 0.15) is 16.6 Å². The van der Waals surface area contributed by atoms with Crippen LogP contribution in [-0.2, 0) is 32.4 Å². The van der Waals surface area contributed by atoms with E-state index in [4.69, 9.17) is 17.2 Å². The Balaban J connectivity index is 0.000000267. The Morgan fingerprint density at radius 2 is 1.57 bits per heavy atom. The number of nitrogens with one attached hydrogen (secondary N) is 2. The molecule has 12 nitrogen and oxygen atoms in total. The lowest BCUT2D eigenvalue weighted by Gasteiger charge is -2.08. The van der Waals surface area contributed by atoms with E-state index < -0.39 is 23.3 Å². The number of fused-ring (bicyclic) bond motifs is 2. The summed E-state index contributed by atoms with van der Waals surface area (Å²) in [6.07, 6.45) is 2.99. The van der Waals surface area contributed by atoms with E-state index in [1.807, 2.05) is 24.3 Å². The topological polar surface area (TPSA) is 179 Å². The number of amides is 1. The van der Waals surface area contributed by atoms with Gasteiger partial charge in [-0.3, -0.25) is 14.2 Å².